The van der Waals surface area contributed by atoms with Crippen LogP contribution >= 0.6 is 0 Å². The number of allylic oxidation sites excluding steroid dienone is 5. The van der Waals surface area contributed by atoms with Crippen molar-refractivity contribution < 1.29 is 8.85 Å². The molecule has 1 aliphatic heterocycles. The van der Waals surface area contributed by atoms with E-state index in [1.165, 1.54) is 69.5 Å². The first kappa shape index (κ1) is 42.0. The van der Waals surface area contributed by atoms with Gasteiger partial charge < -0.3 is 8.85 Å². The smallest absolute Gasteiger partial charge is 0.186 e. The molecule has 1 fully saturated rings. The van der Waals surface area contributed by atoms with E-state index < -0.39 is 33.5 Å². The van der Waals surface area contributed by atoms with Gasteiger partial charge in [0.15, 0.2) is 17.4 Å². The lowest BCUT2D eigenvalue weighted by atomic mass is 9.87. The van der Waals surface area contributed by atoms with Crippen LogP contribution in [0.25, 0.3) is 0 Å². The fourth-order valence-corrected chi connectivity index (χ4v) is 16.1. The summed E-state index contributed by atoms with van der Waals surface area (Å²) in [6, 6.07) is 4.20. The molecular weight excluding hydrogens is 577 g/mol. The number of hydrogen-bond acceptors (Lipinski definition) is 2. The summed E-state index contributed by atoms with van der Waals surface area (Å²) in [4.78, 5) is 0. The first-order chi connectivity index (χ1) is 19.6. The number of hydrogen-bond donors (Lipinski definition) is 0. The molecule has 0 N–H and O–H groups in total. The monoisotopic (exact) mass is 652 g/mol. The van der Waals surface area contributed by atoms with Crippen molar-refractivity contribution in [1.29, 1.82) is 0 Å². The summed E-state index contributed by atoms with van der Waals surface area (Å²) in [5, 5.41) is 0. The molecule has 0 aromatic heterocycles. The molecule has 0 aliphatic carbocycles. The summed E-state index contributed by atoms with van der Waals surface area (Å²) in [7, 11) is -4.60. The van der Waals surface area contributed by atoms with Gasteiger partial charge in [-0.3, -0.25) is 0 Å². The molecule has 1 saturated heterocycles. The van der Waals surface area contributed by atoms with E-state index in [4.69, 9.17) is 8.85 Å². The zero-order chi connectivity index (χ0) is 32.2. The van der Waals surface area contributed by atoms with E-state index in [1.807, 2.05) is 0 Å². The topological polar surface area (TPSA) is 18.5 Å². The van der Waals surface area contributed by atoms with Gasteiger partial charge in [0, 0.05) is 12.5 Å². The second kappa shape index (κ2) is 22.5. The van der Waals surface area contributed by atoms with Crippen molar-refractivity contribution in [3.63, 3.8) is 0 Å². The highest BCUT2D eigenvalue weighted by molar-refractivity contribution is 6.79. The summed E-state index contributed by atoms with van der Waals surface area (Å²) < 4.78 is 12.5. The predicted octanol–water partition coefficient (Wildman–Crippen LogP) is 12.1. The third-order valence-corrected chi connectivity index (χ3v) is 18.5. The van der Waals surface area contributed by atoms with Gasteiger partial charge in [-0.1, -0.05) is 115 Å². The Bertz CT molecular complexity index is 745. The second-order valence-corrected chi connectivity index (χ2v) is 32.8. The van der Waals surface area contributed by atoms with Crippen LogP contribution < -0.4 is 0 Å². The Labute approximate surface area is 270 Å². The van der Waals surface area contributed by atoms with Crippen LogP contribution in [-0.2, 0) is 8.85 Å². The maximum absolute atomic E-state index is 6.48. The standard InChI is InChI=1S/2C18H38OSi2/c1-7-9-10-18-12-14-21(5,6)19-16-20(3,4)13-11-17(8-2)15-18;1-8-11-12-17(9-2)15-18(10-3)13-14-21(6,7)16-19-20(4)5/h7,9,17-18H,8,10-16H2,1-6H3;8-9,11,17-18,20H,2,10,12-16H2,1,3-7H3/b9-7+;11-8+. The minimum atomic E-state index is -1.44. The quantitative estimate of drug-likeness (QED) is 0.129. The highest BCUT2D eigenvalue weighted by Gasteiger charge is 2.31. The van der Waals surface area contributed by atoms with E-state index in [0.29, 0.717) is 5.92 Å². The lowest BCUT2D eigenvalue weighted by Crippen LogP contribution is -2.40. The molecule has 0 aromatic rings. The molecule has 42 heavy (non-hydrogen) atoms. The van der Waals surface area contributed by atoms with Crippen molar-refractivity contribution in [3.05, 3.63) is 37.0 Å². The molecule has 2 nitrogen and oxygen atoms in total. The van der Waals surface area contributed by atoms with E-state index in [1.54, 1.807) is 0 Å². The molecule has 1 aliphatic rings. The molecule has 6 heteroatoms. The van der Waals surface area contributed by atoms with Crippen molar-refractivity contribution in [1.82, 2.24) is 0 Å². The SMILES string of the molecule is C/C=C/CC1CC[Si](C)(C)OC[Si](C)(C)CCC(CC)C1.C=CC(C/C=C/C)CC(CC)CC[Si](C)(C)CO[SiH](C)C. The van der Waals surface area contributed by atoms with E-state index in [2.05, 4.69) is 117 Å². The molecule has 0 spiro atoms. The number of rotatable bonds is 15. The third-order valence-electron chi connectivity index (χ3n) is 9.44. The van der Waals surface area contributed by atoms with E-state index in [-0.39, 0.29) is 0 Å². The Hall–Kier alpha value is 0.00753. The lowest BCUT2D eigenvalue weighted by molar-refractivity contribution is 0.339. The van der Waals surface area contributed by atoms with Crippen LogP contribution in [0.1, 0.15) is 85.5 Å². The Kier molecular flexibility index (Phi) is 22.5. The van der Waals surface area contributed by atoms with Gasteiger partial charge in [-0.05, 0) is 95.4 Å². The molecule has 248 valence electrons. The second-order valence-electron chi connectivity index (χ2n) is 15.8. The van der Waals surface area contributed by atoms with Crippen molar-refractivity contribution in [2.75, 3.05) is 12.5 Å². The highest BCUT2D eigenvalue weighted by atomic mass is 28.4. The van der Waals surface area contributed by atoms with Gasteiger partial charge in [0.2, 0.25) is 0 Å². The molecule has 4 atom stereocenters. The summed E-state index contributed by atoms with van der Waals surface area (Å²) in [5.74, 6) is 3.32. The fourth-order valence-electron chi connectivity index (χ4n) is 5.88. The predicted molar refractivity (Wildman–Crippen MR) is 204 cm³/mol. The highest BCUT2D eigenvalue weighted by Crippen LogP contribution is 2.33. The maximum atomic E-state index is 6.48. The average molecular weight is 653 g/mol. The molecule has 1 heterocycles. The molecule has 0 radical (unpaired) electrons. The van der Waals surface area contributed by atoms with Gasteiger partial charge in [-0.2, -0.15) is 0 Å². The van der Waals surface area contributed by atoms with Crippen molar-refractivity contribution in [3.8, 4) is 0 Å². The van der Waals surface area contributed by atoms with Gasteiger partial charge >= 0.3 is 0 Å². The first-order valence-corrected chi connectivity index (χ1v) is 30.4. The van der Waals surface area contributed by atoms with E-state index in [9.17, 15) is 0 Å². The van der Waals surface area contributed by atoms with Gasteiger partial charge in [-0.25, -0.2) is 0 Å². The van der Waals surface area contributed by atoms with Gasteiger partial charge in [0.25, 0.3) is 0 Å². The van der Waals surface area contributed by atoms with Gasteiger partial charge in [0.1, 0.15) is 0 Å². The van der Waals surface area contributed by atoms with Crippen LogP contribution in [-0.4, -0.2) is 46.0 Å². The summed E-state index contributed by atoms with van der Waals surface area (Å²) >= 11 is 0. The first-order valence-electron chi connectivity index (χ1n) is 17.7. The average Bonchev–Trinajstić information content (AvgIpc) is 2.96. The molecule has 1 rings (SSSR count). The van der Waals surface area contributed by atoms with Crippen LogP contribution in [0.15, 0.2) is 37.0 Å². The zero-order valence-electron chi connectivity index (χ0n) is 30.7. The molecule has 0 amide bonds. The van der Waals surface area contributed by atoms with Crippen LogP contribution in [0.2, 0.25) is 70.5 Å². The van der Waals surface area contributed by atoms with Crippen LogP contribution in [0.4, 0.5) is 0 Å². The molecular formula is C36H76O2Si4. The largest absolute Gasteiger partial charge is 0.424 e. The Morgan fingerprint density at radius 3 is 2.19 bits per heavy atom. The van der Waals surface area contributed by atoms with Crippen LogP contribution in [0, 0.1) is 23.7 Å². The fraction of sp³-hybridized carbons (Fsp3) is 0.833. The van der Waals surface area contributed by atoms with Crippen LogP contribution in [0.5, 0.6) is 0 Å². The minimum absolute atomic E-state index is 0.648. The summed E-state index contributed by atoms with van der Waals surface area (Å²) in [6.45, 7) is 32.4. The maximum Gasteiger partial charge on any atom is 0.186 e. The molecule has 0 saturated carbocycles. The Morgan fingerprint density at radius 2 is 1.64 bits per heavy atom. The summed E-state index contributed by atoms with van der Waals surface area (Å²) in [6.07, 6.45) is 25.4. The summed E-state index contributed by atoms with van der Waals surface area (Å²) in [5.41, 5.74) is 0. The van der Waals surface area contributed by atoms with Crippen LogP contribution in [0.3, 0.4) is 0 Å². The normalized spacial score (nSPS) is 23.3. The van der Waals surface area contributed by atoms with Crippen molar-refractivity contribution in [2.45, 2.75) is 156 Å². The van der Waals surface area contributed by atoms with Gasteiger partial charge in [-0.15, -0.1) is 6.58 Å². The molecule has 4 unspecified atom stereocenters. The Balaban J connectivity index is 0.000000800. The zero-order valence-corrected chi connectivity index (χ0v) is 34.9. The Morgan fingerprint density at radius 1 is 1.00 bits per heavy atom. The van der Waals surface area contributed by atoms with Crippen molar-refractivity contribution in [2.24, 2.45) is 23.7 Å². The van der Waals surface area contributed by atoms with Gasteiger partial charge in [0.05, 0.1) is 16.1 Å². The van der Waals surface area contributed by atoms with E-state index >= 15 is 0 Å². The molecule has 0 bridgehead atoms. The van der Waals surface area contributed by atoms with E-state index in [0.717, 1.165) is 36.6 Å². The minimum Gasteiger partial charge on any atom is -0.424 e. The lowest BCUT2D eigenvalue weighted by Gasteiger charge is -2.29. The third kappa shape index (κ3) is 21.7. The van der Waals surface area contributed by atoms with Crippen molar-refractivity contribution >= 4 is 33.5 Å². The molecule has 0 aromatic carbocycles.